The number of hydrogen-bond donors (Lipinski definition) is 0. The Kier molecular flexibility index (Phi) is 6.48. The van der Waals surface area contributed by atoms with Gasteiger partial charge in [-0.15, -0.1) is 0 Å². The summed E-state index contributed by atoms with van der Waals surface area (Å²) in [7, 11) is 1.71. The largest absolute Gasteiger partial charge is 0.495 e. The van der Waals surface area contributed by atoms with Gasteiger partial charge >= 0.3 is 0 Å². The van der Waals surface area contributed by atoms with E-state index in [2.05, 4.69) is 15.9 Å². The number of piperazine rings is 1. The number of carbonyl (C=O) groups is 1. The number of carbonyl (C=O) groups excluding carboxylic acids is 1. The second-order valence-electron chi connectivity index (χ2n) is 9.23. The summed E-state index contributed by atoms with van der Waals surface area (Å²) in [5.74, 6) is 0.624. The van der Waals surface area contributed by atoms with Crippen molar-refractivity contribution in [3.63, 3.8) is 0 Å². The van der Waals surface area contributed by atoms with E-state index < -0.39 is 5.41 Å². The van der Waals surface area contributed by atoms with E-state index in [9.17, 15) is 9.18 Å². The molecule has 6 heteroatoms. The van der Waals surface area contributed by atoms with E-state index in [0.717, 1.165) is 61.0 Å². The van der Waals surface area contributed by atoms with Crippen LogP contribution in [0.2, 0.25) is 0 Å². The highest BCUT2D eigenvalue weighted by molar-refractivity contribution is 6.10. The average molecular weight is 474 g/mol. The number of halogens is 1. The predicted molar refractivity (Wildman–Crippen MR) is 138 cm³/mol. The lowest BCUT2D eigenvalue weighted by molar-refractivity contribution is -0.122. The molecule has 1 fully saturated rings. The molecule has 0 N–H and O–H groups in total. The van der Waals surface area contributed by atoms with Crippen molar-refractivity contribution in [2.75, 3.05) is 56.2 Å². The highest BCUT2D eigenvalue weighted by atomic mass is 19.1. The maximum Gasteiger partial charge on any atom is 0.242 e. The van der Waals surface area contributed by atoms with Crippen LogP contribution < -0.4 is 14.5 Å². The lowest BCUT2D eigenvalue weighted by Gasteiger charge is -2.38. The number of para-hydroxylation sites is 2. The summed E-state index contributed by atoms with van der Waals surface area (Å²) in [6.07, 6.45) is 0.609. The van der Waals surface area contributed by atoms with Crippen molar-refractivity contribution in [3.8, 4) is 5.75 Å². The Morgan fingerprint density at radius 3 is 2.34 bits per heavy atom. The second kappa shape index (κ2) is 9.70. The Hall–Kier alpha value is -3.38. The minimum absolute atomic E-state index is 0.0412. The van der Waals surface area contributed by atoms with Gasteiger partial charge in [-0.25, -0.2) is 4.39 Å². The van der Waals surface area contributed by atoms with Crippen LogP contribution in [0.4, 0.5) is 15.8 Å². The minimum atomic E-state index is -0.880. The molecule has 1 atom stereocenters. The molecule has 35 heavy (non-hydrogen) atoms. The molecule has 0 aliphatic carbocycles. The van der Waals surface area contributed by atoms with E-state index in [-0.39, 0.29) is 11.7 Å². The number of amides is 1. The van der Waals surface area contributed by atoms with Gasteiger partial charge in [0.1, 0.15) is 17.0 Å². The first-order valence-electron chi connectivity index (χ1n) is 12.4. The van der Waals surface area contributed by atoms with Crippen LogP contribution in [0.25, 0.3) is 0 Å². The third-order valence-corrected chi connectivity index (χ3v) is 7.50. The maximum absolute atomic E-state index is 14.5. The van der Waals surface area contributed by atoms with Crippen LogP contribution in [0.5, 0.6) is 5.75 Å². The number of fused-ring (bicyclic) bond motifs is 1. The van der Waals surface area contributed by atoms with Crippen molar-refractivity contribution < 1.29 is 13.9 Å². The molecule has 0 aromatic heterocycles. The van der Waals surface area contributed by atoms with Crippen molar-refractivity contribution >= 4 is 17.3 Å². The molecule has 1 saturated heterocycles. The van der Waals surface area contributed by atoms with Gasteiger partial charge in [0.05, 0.1) is 12.8 Å². The van der Waals surface area contributed by atoms with Crippen LogP contribution >= 0.6 is 0 Å². The van der Waals surface area contributed by atoms with Crippen LogP contribution in [-0.4, -0.2) is 57.2 Å². The summed E-state index contributed by atoms with van der Waals surface area (Å²) < 4.78 is 20.0. The monoisotopic (exact) mass is 473 g/mol. The molecule has 0 saturated carbocycles. The first-order valence-corrected chi connectivity index (χ1v) is 12.4. The summed E-state index contributed by atoms with van der Waals surface area (Å²) in [5, 5.41) is 0. The predicted octanol–water partition coefficient (Wildman–Crippen LogP) is 4.70. The molecule has 5 rings (SSSR count). The Morgan fingerprint density at radius 2 is 1.63 bits per heavy atom. The normalized spacial score (nSPS) is 20.3. The number of rotatable bonds is 7. The van der Waals surface area contributed by atoms with Crippen LogP contribution in [-0.2, 0) is 10.2 Å². The zero-order valence-electron chi connectivity index (χ0n) is 20.4. The van der Waals surface area contributed by atoms with Crippen molar-refractivity contribution in [1.82, 2.24) is 4.90 Å². The van der Waals surface area contributed by atoms with Gasteiger partial charge in [-0.05, 0) is 61.3 Å². The fourth-order valence-corrected chi connectivity index (χ4v) is 5.67. The Balaban J connectivity index is 1.40. The molecule has 3 aromatic rings. The molecule has 5 nitrogen and oxygen atoms in total. The van der Waals surface area contributed by atoms with E-state index in [1.807, 2.05) is 55.5 Å². The molecule has 2 heterocycles. The van der Waals surface area contributed by atoms with E-state index in [1.54, 1.807) is 24.1 Å². The Labute approximate surface area is 206 Å². The molecule has 3 aromatic carbocycles. The topological polar surface area (TPSA) is 36.0 Å². The van der Waals surface area contributed by atoms with Gasteiger partial charge in [-0.3, -0.25) is 9.69 Å². The smallest absolute Gasteiger partial charge is 0.242 e. The molecular formula is C29H32FN3O2. The van der Waals surface area contributed by atoms with Crippen LogP contribution in [0.3, 0.4) is 0 Å². The van der Waals surface area contributed by atoms with E-state index in [1.165, 1.54) is 6.07 Å². The minimum Gasteiger partial charge on any atom is -0.495 e. The fraction of sp³-hybridized carbons (Fsp3) is 0.345. The molecule has 1 unspecified atom stereocenters. The number of nitrogens with zero attached hydrogens (tertiary/aromatic N) is 3. The lowest BCUT2D eigenvalue weighted by Crippen LogP contribution is -2.49. The second-order valence-corrected chi connectivity index (χ2v) is 9.23. The number of methoxy groups -OCH3 is 1. The summed E-state index contributed by atoms with van der Waals surface area (Å²) in [6.45, 7) is 6.86. The quantitative estimate of drug-likeness (QED) is 0.499. The molecule has 0 bridgehead atoms. The Bertz CT molecular complexity index is 1190. The fourth-order valence-electron chi connectivity index (χ4n) is 5.67. The lowest BCUT2D eigenvalue weighted by atomic mass is 9.72. The molecule has 182 valence electrons. The highest BCUT2D eigenvalue weighted by Crippen LogP contribution is 2.48. The van der Waals surface area contributed by atoms with Crippen molar-refractivity contribution in [3.05, 3.63) is 89.7 Å². The van der Waals surface area contributed by atoms with Gasteiger partial charge in [-0.2, -0.15) is 0 Å². The standard InChI is InChI=1S/C29H32FN3O2/c1-3-33-25-14-13-23(30)21-24(25)29(28(33)34,22-9-5-4-6-10-22)15-16-31-17-19-32(20-18-31)26-11-7-8-12-27(26)35-2/h4-14,21H,3,15-20H2,1-2H3. The molecule has 1 amide bonds. The number of ether oxygens (including phenoxy) is 1. The van der Waals surface area contributed by atoms with Crippen molar-refractivity contribution in [1.29, 1.82) is 0 Å². The summed E-state index contributed by atoms with van der Waals surface area (Å²) in [6, 6.07) is 22.8. The third-order valence-electron chi connectivity index (χ3n) is 7.50. The van der Waals surface area contributed by atoms with Gasteiger partial charge < -0.3 is 14.5 Å². The summed E-state index contributed by atoms with van der Waals surface area (Å²) >= 11 is 0. The van der Waals surface area contributed by atoms with Gasteiger partial charge in [0, 0.05) is 38.4 Å². The maximum atomic E-state index is 14.5. The number of anilines is 2. The summed E-state index contributed by atoms with van der Waals surface area (Å²) in [5.41, 5.74) is 2.77. The zero-order chi connectivity index (χ0) is 24.4. The van der Waals surface area contributed by atoms with Crippen LogP contribution in [0.1, 0.15) is 24.5 Å². The van der Waals surface area contributed by atoms with Crippen LogP contribution in [0, 0.1) is 5.82 Å². The van der Waals surface area contributed by atoms with Gasteiger partial charge in [0.15, 0.2) is 0 Å². The van der Waals surface area contributed by atoms with E-state index in [4.69, 9.17) is 4.74 Å². The summed E-state index contributed by atoms with van der Waals surface area (Å²) in [4.78, 5) is 20.5. The average Bonchev–Trinajstić information content (AvgIpc) is 3.15. The highest BCUT2D eigenvalue weighted by Gasteiger charge is 2.51. The van der Waals surface area contributed by atoms with Gasteiger partial charge in [0.2, 0.25) is 5.91 Å². The SMILES string of the molecule is CCN1C(=O)C(CCN2CCN(c3ccccc3OC)CC2)(c2ccccc2)c2cc(F)ccc21. The third kappa shape index (κ3) is 4.06. The first-order chi connectivity index (χ1) is 17.1. The molecular weight excluding hydrogens is 441 g/mol. The van der Waals surface area contributed by atoms with E-state index in [0.29, 0.717) is 13.0 Å². The van der Waals surface area contributed by atoms with Gasteiger partial charge in [0.25, 0.3) is 0 Å². The molecule has 2 aliphatic heterocycles. The van der Waals surface area contributed by atoms with E-state index >= 15 is 0 Å². The number of likely N-dealkylation sites (N-methyl/N-ethyl adjacent to an activating group) is 1. The number of benzene rings is 3. The molecule has 2 aliphatic rings. The number of hydrogen-bond acceptors (Lipinski definition) is 4. The van der Waals surface area contributed by atoms with Crippen molar-refractivity contribution in [2.24, 2.45) is 0 Å². The Morgan fingerprint density at radius 1 is 0.914 bits per heavy atom. The first kappa shape index (κ1) is 23.4. The van der Waals surface area contributed by atoms with Crippen LogP contribution in [0.15, 0.2) is 72.8 Å². The van der Waals surface area contributed by atoms with Gasteiger partial charge in [-0.1, -0.05) is 42.5 Å². The molecule has 0 radical (unpaired) electrons. The molecule has 0 spiro atoms. The van der Waals surface area contributed by atoms with Crippen molar-refractivity contribution in [2.45, 2.75) is 18.8 Å². The zero-order valence-corrected chi connectivity index (χ0v) is 20.4.